The van der Waals surface area contributed by atoms with Crippen molar-refractivity contribution < 1.29 is 9.84 Å². The maximum atomic E-state index is 10.2. The number of nitrogens with zero attached hydrogens (tertiary/aromatic N) is 1. The van der Waals surface area contributed by atoms with Gasteiger partial charge in [0.2, 0.25) is 5.88 Å². The first kappa shape index (κ1) is 12.6. The van der Waals surface area contributed by atoms with E-state index < -0.39 is 6.10 Å². The van der Waals surface area contributed by atoms with Gasteiger partial charge in [0, 0.05) is 17.8 Å². The van der Waals surface area contributed by atoms with E-state index in [9.17, 15) is 5.11 Å². The molecule has 1 heterocycles. The van der Waals surface area contributed by atoms with E-state index in [0.717, 1.165) is 11.1 Å². The fourth-order valence-electron chi connectivity index (χ4n) is 1.69. The van der Waals surface area contributed by atoms with Crippen LogP contribution in [0.25, 0.3) is 0 Å². The van der Waals surface area contributed by atoms with Gasteiger partial charge in [-0.15, -0.1) is 0 Å². The molecule has 0 bridgehead atoms. The fraction of sp³-hybridized carbons (Fsp3) is 0.267. The summed E-state index contributed by atoms with van der Waals surface area (Å²) in [5, 5.41) is 10.2. The number of pyridine rings is 1. The van der Waals surface area contributed by atoms with Crippen molar-refractivity contribution in [2.24, 2.45) is 0 Å². The first-order valence-electron chi connectivity index (χ1n) is 6.02. The van der Waals surface area contributed by atoms with Gasteiger partial charge in [-0.2, -0.15) is 0 Å². The molecule has 0 aliphatic heterocycles. The van der Waals surface area contributed by atoms with Gasteiger partial charge in [-0.3, -0.25) is 0 Å². The van der Waals surface area contributed by atoms with Crippen LogP contribution in [-0.4, -0.2) is 16.2 Å². The SMILES string of the molecule is CC(C)Oc1ccc(C(O)c2ccccc2)cn1. The van der Waals surface area contributed by atoms with Crippen LogP contribution in [0.4, 0.5) is 0 Å². The minimum absolute atomic E-state index is 0.0994. The number of aliphatic hydroxyl groups excluding tert-OH is 1. The highest BCUT2D eigenvalue weighted by molar-refractivity contribution is 5.29. The van der Waals surface area contributed by atoms with E-state index in [1.807, 2.05) is 50.2 Å². The highest BCUT2D eigenvalue weighted by atomic mass is 16.5. The summed E-state index contributed by atoms with van der Waals surface area (Å²) < 4.78 is 5.46. The van der Waals surface area contributed by atoms with Crippen molar-refractivity contribution >= 4 is 0 Å². The van der Waals surface area contributed by atoms with Gasteiger partial charge in [0.25, 0.3) is 0 Å². The van der Waals surface area contributed by atoms with Gasteiger partial charge in [0.15, 0.2) is 0 Å². The van der Waals surface area contributed by atoms with Crippen LogP contribution in [0.15, 0.2) is 48.7 Å². The van der Waals surface area contributed by atoms with Crippen molar-refractivity contribution in [2.45, 2.75) is 26.1 Å². The maximum Gasteiger partial charge on any atom is 0.213 e. The van der Waals surface area contributed by atoms with Crippen LogP contribution in [0, 0.1) is 0 Å². The molecule has 18 heavy (non-hydrogen) atoms. The Labute approximate surface area is 107 Å². The monoisotopic (exact) mass is 243 g/mol. The van der Waals surface area contributed by atoms with E-state index in [4.69, 9.17) is 4.74 Å². The number of hydrogen-bond acceptors (Lipinski definition) is 3. The van der Waals surface area contributed by atoms with Gasteiger partial charge >= 0.3 is 0 Å². The molecule has 1 aromatic heterocycles. The lowest BCUT2D eigenvalue weighted by atomic mass is 10.0. The summed E-state index contributed by atoms with van der Waals surface area (Å²) in [7, 11) is 0. The molecule has 1 aromatic carbocycles. The van der Waals surface area contributed by atoms with E-state index in [1.165, 1.54) is 0 Å². The third-order valence-electron chi connectivity index (χ3n) is 2.55. The molecule has 3 nitrogen and oxygen atoms in total. The molecule has 0 amide bonds. The molecule has 0 saturated heterocycles. The van der Waals surface area contributed by atoms with Crippen molar-refractivity contribution in [3.63, 3.8) is 0 Å². The number of rotatable bonds is 4. The zero-order valence-electron chi connectivity index (χ0n) is 10.6. The Hall–Kier alpha value is -1.87. The van der Waals surface area contributed by atoms with Crippen molar-refractivity contribution in [2.75, 3.05) is 0 Å². The predicted octanol–water partition coefficient (Wildman–Crippen LogP) is 2.95. The van der Waals surface area contributed by atoms with Gasteiger partial charge in [-0.05, 0) is 25.5 Å². The summed E-state index contributed by atoms with van der Waals surface area (Å²) in [4.78, 5) is 4.18. The number of benzene rings is 1. The molecule has 0 aliphatic carbocycles. The molecule has 94 valence electrons. The molecule has 2 aromatic rings. The van der Waals surface area contributed by atoms with Crippen molar-refractivity contribution in [3.8, 4) is 5.88 Å². The van der Waals surface area contributed by atoms with E-state index in [2.05, 4.69) is 4.98 Å². The third kappa shape index (κ3) is 3.08. The summed E-state index contributed by atoms with van der Waals surface area (Å²) in [6.07, 6.45) is 1.10. The molecule has 3 heteroatoms. The average Bonchev–Trinajstić information content (AvgIpc) is 2.39. The molecule has 1 unspecified atom stereocenters. The van der Waals surface area contributed by atoms with Crippen LogP contribution in [0.2, 0.25) is 0 Å². The lowest BCUT2D eigenvalue weighted by Crippen LogP contribution is -2.07. The average molecular weight is 243 g/mol. The summed E-state index contributed by atoms with van der Waals surface area (Å²) in [6.45, 7) is 3.91. The largest absolute Gasteiger partial charge is 0.475 e. The van der Waals surface area contributed by atoms with Gasteiger partial charge < -0.3 is 9.84 Å². The molecule has 0 saturated carbocycles. The molecule has 0 fully saturated rings. The van der Waals surface area contributed by atoms with Gasteiger partial charge in [0.1, 0.15) is 6.10 Å². The molecule has 0 aliphatic rings. The number of ether oxygens (including phenoxy) is 1. The zero-order chi connectivity index (χ0) is 13.0. The standard InChI is InChI=1S/C15H17NO2/c1-11(2)18-14-9-8-13(10-16-14)15(17)12-6-4-3-5-7-12/h3-11,15,17H,1-2H3. The van der Waals surface area contributed by atoms with Gasteiger partial charge in [0.05, 0.1) is 6.10 Å². The minimum Gasteiger partial charge on any atom is -0.475 e. The van der Waals surface area contributed by atoms with Crippen LogP contribution in [-0.2, 0) is 0 Å². The predicted molar refractivity (Wildman–Crippen MR) is 70.5 cm³/mol. The van der Waals surface area contributed by atoms with Crippen LogP contribution in [0.5, 0.6) is 5.88 Å². The first-order chi connectivity index (χ1) is 8.66. The van der Waals surface area contributed by atoms with E-state index >= 15 is 0 Å². The highest BCUT2D eigenvalue weighted by Gasteiger charge is 2.10. The van der Waals surface area contributed by atoms with Crippen LogP contribution in [0.3, 0.4) is 0 Å². The van der Waals surface area contributed by atoms with Crippen molar-refractivity contribution in [1.29, 1.82) is 0 Å². The Balaban J connectivity index is 2.14. The Kier molecular flexibility index (Phi) is 3.95. The molecule has 1 N–H and O–H groups in total. The molecule has 0 spiro atoms. The second-order valence-electron chi connectivity index (χ2n) is 4.41. The smallest absolute Gasteiger partial charge is 0.213 e. The normalized spacial score (nSPS) is 12.4. The lowest BCUT2D eigenvalue weighted by Gasteiger charge is -2.12. The number of hydrogen-bond donors (Lipinski definition) is 1. The second kappa shape index (κ2) is 5.65. The molecule has 1 atom stereocenters. The van der Waals surface area contributed by atoms with Crippen molar-refractivity contribution in [3.05, 3.63) is 59.8 Å². The van der Waals surface area contributed by atoms with E-state index in [1.54, 1.807) is 12.3 Å². The Morgan fingerprint density at radius 2 is 1.72 bits per heavy atom. The van der Waals surface area contributed by atoms with Crippen LogP contribution in [0.1, 0.15) is 31.1 Å². The summed E-state index contributed by atoms with van der Waals surface area (Å²) in [5.74, 6) is 0.578. The first-order valence-corrected chi connectivity index (χ1v) is 6.02. The lowest BCUT2D eigenvalue weighted by molar-refractivity contribution is 0.217. The maximum absolute atomic E-state index is 10.2. The molecule has 0 radical (unpaired) electrons. The Morgan fingerprint density at radius 3 is 2.28 bits per heavy atom. The van der Waals surface area contributed by atoms with Gasteiger partial charge in [-0.25, -0.2) is 4.98 Å². The van der Waals surface area contributed by atoms with Crippen LogP contribution < -0.4 is 4.74 Å². The zero-order valence-corrected chi connectivity index (χ0v) is 10.6. The molecular formula is C15H17NO2. The Bertz CT molecular complexity index is 480. The summed E-state index contributed by atoms with van der Waals surface area (Å²) >= 11 is 0. The van der Waals surface area contributed by atoms with Crippen LogP contribution >= 0.6 is 0 Å². The summed E-state index contributed by atoms with van der Waals surface area (Å²) in [5.41, 5.74) is 1.62. The topological polar surface area (TPSA) is 42.4 Å². The Morgan fingerprint density at radius 1 is 1.00 bits per heavy atom. The third-order valence-corrected chi connectivity index (χ3v) is 2.55. The van der Waals surface area contributed by atoms with Crippen molar-refractivity contribution in [1.82, 2.24) is 4.98 Å². The molecule has 2 rings (SSSR count). The highest BCUT2D eigenvalue weighted by Crippen LogP contribution is 2.22. The quantitative estimate of drug-likeness (QED) is 0.897. The van der Waals surface area contributed by atoms with Gasteiger partial charge in [-0.1, -0.05) is 30.3 Å². The second-order valence-corrected chi connectivity index (χ2v) is 4.41. The number of aliphatic hydroxyl groups is 1. The van der Waals surface area contributed by atoms with E-state index in [0.29, 0.717) is 5.88 Å². The summed E-state index contributed by atoms with van der Waals surface area (Å²) in [6, 6.07) is 13.1. The van der Waals surface area contributed by atoms with E-state index in [-0.39, 0.29) is 6.10 Å². The number of aromatic nitrogens is 1. The molecular weight excluding hydrogens is 226 g/mol. The minimum atomic E-state index is -0.646. The fourth-order valence-corrected chi connectivity index (χ4v) is 1.69.